The normalized spacial score (nSPS) is 21.7. The third kappa shape index (κ3) is 6.86. The molecule has 2 amide bonds. The van der Waals surface area contributed by atoms with Gasteiger partial charge < -0.3 is 15.3 Å². The highest BCUT2D eigenvalue weighted by atomic mass is 32.2. The van der Waals surface area contributed by atoms with Gasteiger partial charge in [-0.05, 0) is 51.1 Å². The first-order valence-electron chi connectivity index (χ1n) is 10.7. The van der Waals surface area contributed by atoms with Crippen molar-refractivity contribution in [2.24, 2.45) is 17.7 Å². The summed E-state index contributed by atoms with van der Waals surface area (Å²) in [7, 11) is -1.70. The van der Waals surface area contributed by atoms with E-state index in [1.807, 2.05) is 0 Å². The molecule has 0 aromatic carbocycles. The molecular formula is C19H35N5O6S. The lowest BCUT2D eigenvalue weighted by atomic mass is 9.92. The number of hydrogen-bond acceptors (Lipinski definition) is 7. The predicted octanol–water partition coefficient (Wildman–Crippen LogP) is -0.948. The molecule has 2 aliphatic rings. The average molecular weight is 462 g/mol. The lowest BCUT2D eigenvalue weighted by molar-refractivity contribution is -0.142. The molecule has 178 valence electrons. The molecule has 2 fully saturated rings. The van der Waals surface area contributed by atoms with E-state index in [2.05, 4.69) is 5.32 Å². The number of carbonyl (C=O) groups excluding carboxylic acids is 2. The van der Waals surface area contributed by atoms with E-state index in [9.17, 15) is 27.9 Å². The summed E-state index contributed by atoms with van der Waals surface area (Å²) >= 11 is 0. The summed E-state index contributed by atoms with van der Waals surface area (Å²) in [6.45, 7) is 2.09. The number of piperidine rings is 2. The Morgan fingerprint density at radius 2 is 1.84 bits per heavy atom. The van der Waals surface area contributed by atoms with Gasteiger partial charge in [-0.25, -0.2) is 18.6 Å². The smallest absolute Gasteiger partial charge is 0.325 e. The first-order chi connectivity index (χ1) is 14.5. The number of aliphatic carboxylic acids is 1. The number of carboxylic acid groups (broad SMARTS) is 1. The van der Waals surface area contributed by atoms with Gasteiger partial charge in [0.15, 0.2) is 5.25 Å². The van der Waals surface area contributed by atoms with E-state index in [0.717, 1.165) is 36.7 Å². The third-order valence-corrected chi connectivity index (χ3v) is 8.23. The first-order valence-corrected chi connectivity index (χ1v) is 12.2. The van der Waals surface area contributed by atoms with Gasteiger partial charge in [0.25, 0.3) is 0 Å². The Morgan fingerprint density at radius 1 is 1.19 bits per heavy atom. The molecular weight excluding hydrogens is 426 g/mol. The number of carbonyl (C=O) groups is 3. The number of sulfonamides is 1. The second-order valence-electron chi connectivity index (χ2n) is 8.56. The highest BCUT2D eigenvalue weighted by Gasteiger charge is 2.38. The number of hydrogen-bond donors (Lipinski definition) is 3. The van der Waals surface area contributed by atoms with Crippen LogP contribution in [0, 0.1) is 11.8 Å². The monoisotopic (exact) mass is 461 g/mol. The van der Waals surface area contributed by atoms with E-state index in [4.69, 9.17) is 5.84 Å². The Kier molecular flexibility index (Phi) is 9.22. The lowest BCUT2D eigenvalue weighted by Crippen LogP contribution is -2.54. The summed E-state index contributed by atoms with van der Waals surface area (Å²) in [6, 6.07) is 0. The van der Waals surface area contributed by atoms with E-state index in [1.165, 1.54) is 14.1 Å². The fourth-order valence-electron chi connectivity index (χ4n) is 4.12. The SMILES string of the molecule is CN(C)S(=O)(=O)[C@@H](CN(N)C(=O)[C@@H]1CCCN(C(=O)CCC2CCNCC2)C1)C(=O)O. The van der Waals surface area contributed by atoms with E-state index in [0.29, 0.717) is 36.7 Å². The molecule has 0 aromatic heterocycles. The van der Waals surface area contributed by atoms with Crippen molar-refractivity contribution in [1.29, 1.82) is 0 Å². The maximum Gasteiger partial charge on any atom is 0.325 e. The standard InChI is InChI=1S/C19H35N5O6S/c1-22(2)31(29,30)16(19(27)28)13-24(20)18(26)15-4-3-11-23(12-15)17(25)6-5-14-7-9-21-10-8-14/h14-16,21H,3-13,20H2,1-2H3,(H,27,28)/t15-,16+/m1/s1. The number of nitrogens with zero attached hydrogens (tertiary/aromatic N) is 3. The fourth-order valence-corrected chi connectivity index (χ4v) is 5.23. The van der Waals surface area contributed by atoms with Crippen LogP contribution in [0.1, 0.15) is 38.5 Å². The van der Waals surface area contributed by atoms with Crippen molar-refractivity contribution in [3.63, 3.8) is 0 Å². The summed E-state index contributed by atoms with van der Waals surface area (Å²) in [4.78, 5) is 38.6. The minimum Gasteiger partial charge on any atom is -0.480 e. The fraction of sp³-hybridized carbons (Fsp3) is 0.842. The molecule has 2 saturated heterocycles. The summed E-state index contributed by atoms with van der Waals surface area (Å²) in [5.41, 5.74) is 0. The zero-order chi connectivity index (χ0) is 23.2. The highest BCUT2D eigenvalue weighted by molar-refractivity contribution is 7.90. The van der Waals surface area contributed by atoms with Crippen molar-refractivity contribution in [1.82, 2.24) is 19.5 Å². The summed E-state index contributed by atoms with van der Waals surface area (Å²) < 4.78 is 25.3. The van der Waals surface area contributed by atoms with Gasteiger partial charge in [-0.15, -0.1) is 0 Å². The minimum absolute atomic E-state index is 0.0122. The lowest BCUT2D eigenvalue weighted by Gasteiger charge is -2.34. The molecule has 0 radical (unpaired) electrons. The second kappa shape index (κ2) is 11.2. The highest BCUT2D eigenvalue weighted by Crippen LogP contribution is 2.22. The molecule has 11 nitrogen and oxygen atoms in total. The second-order valence-corrected chi connectivity index (χ2v) is 10.9. The number of nitrogens with one attached hydrogen (secondary N) is 1. The van der Waals surface area contributed by atoms with Crippen LogP contribution in [-0.2, 0) is 24.4 Å². The maximum absolute atomic E-state index is 12.8. The number of carboxylic acids is 1. The van der Waals surface area contributed by atoms with E-state index in [-0.39, 0.29) is 12.5 Å². The van der Waals surface area contributed by atoms with Gasteiger partial charge in [0.2, 0.25) is 21.8 Å². The third-order valence-electron chi connectivity index (χ3n) is 6.14. The van der Waals surface area contributed by atoms with Gasteiger partial charge in [-0.3, -0.25) is 19.4 Å². The quantitative estimate of drug-likeness (QED) is 0.226. The number of amides is 2. The van der Waals surface area contributed by atoms with Crippen molar-refractivity contribution < 1.29 is 27.9 Å². The molecule has 2 rings (SSSR count). The van der Waals surface area contributed by atoms with Gasteiger partial charge in [0, 0.05) is 33.6 Å². The Morgan fingerprint density at radius 3 is 2.42 bits per heavy atom. The minimum atomic E-state index is -4.15. The van der Waals surface area contributed by atoms with Gasteiger partial charge in [0.1, 0.15) is 0 Å². The Balaban J connectivity index is 1.93. The van der Waals surface area contributed by atoms with Crippen LogP contribution in [0.25, 0.3) is 0 Å². The first kappa shape index (κ1) is 25.5. The molecule has 2 heterocycles. The van der Waals surface area contributed by atoms with E-state index in [1.54, 1.807) is 4.90 Å². The maximum atomic E-state index is 12.8. The molecule has 31 heavy (non-hydrogen) atoms. The van der Waals surface area contributed by atoms with Crippen LogP contribution in [0.4, 0.5) is 0 Å². The number of likely N-dealkylation sites (tertiary alicyclic amines) is 1. The average Bonchev–Trinajstić information content (AvgIpc) is 2.75. The zero-order valence-electron chi connectivity index (χ0n) is 18.3. The molecule has 4 N–H and O–H groups in total. The van der Waals surface area contributed by atoms with Gasteiger partial charge in [-0.2, -0.15) is 0 Å². The van der Waals surface area contributed by atoms with Gasteiger partial charge >= 0.3 is 5.97 Å². The molecule has 2 aliphatic heterocycles. The molecule has 2 atom stereocenters. The summed E-state index contributed by atoms with van der Waals surface area (Å²) in [5, 5.41) is 11.4. The molecule has 0 unspecified atom stereocenters. The molecule has 0 spiro atoms. The number of nitrogens with two attached hydrogens (primary N) is 1. The zero-order valence-corrected chi connectivity index (χ0v) is 19.1. The topological polar surface area (TPSA) is 153 Å². The Bertz CT molecular complexity index is 753. The van der Waals surface area contributed by atoms with Crippen LogP contribution in [0.5, 0.6) is 0 Å². The van der Waals surface area contributed by atoms with Crippen LogP contribution in [-0.4, -0.2) is 97.6 Å². The molecule has 0 saturated carbocycles. The van der Waals surface area contributed by atoms with Gasteiger partial charge in [0.05, 0.1) is 12.5 Å². The van der Waals surface area contributed by atoms with E-state index >= 15 is 0 Å². The van der Waals surface area contributed by atoms with Crippen molar-refractivity contribution >= 4 is 27.8 Å². The Labute approximate surface area is 183 Å². The van der Waals surface area contributed by atoms with Crippen LogP contribution in [0.15, 0.2) is 0 Å². The molecule has 0 bridgehead atoms. The largest absolute Gasteiger partial charge is 0.480 e. The van der Waals surface area contributed by atoms with Crippen molar-refractivity contribution in [3.8, 4) is 0 Å². The van der Waals surface area contributed by atoms with Crippen molar-refractivity contribution in [2.75, 3.05) is 46.8 Å². The number of rotatable bonds is 9. The summed E-state index contributed by atoms with van der Waals surface area (Å²) in [5.74, 6) is 3.65. The Hall–Kier alpha value is -1.76. The van der Waals surface area contributed by atoms with Crippen LogP contribution < -0.4 is 11.2 Å². The van der Waals surface area contributed by atoms with Crippen molar-refractivity contribution in [2.45, 2.75) is 43.8 Å². The predicted molar refractivity (Wildman–Crippen MR) is 114 cm³/mol. The molecule has 0 aromatic rings. The van der Waals surface area contributed by atoms with Crippen molar-refractivity contribution in [3.05, 3.63) is 0 Å². The summed E-state index contributed by atoms with van der Waals surface area (Å²) in [6.07, 6.45) is 4.57. The van der Waals surface area contributed by atoms with Gasteiger partial charge in [-0.1, -0.05) is 0 Å². The van der Waals surface area contributed by atoms with Crippen LogP contribution in [0.2, 0.25) is 0 Å². The van der Waals surface area contributed by atoms with Crippen LogP contribution >= 0.6 is 0 Å². The molecule has 0 aliphatic carbocycles. The van der Waals surface area contributed by atoms with E-state index < -0.39 is 39.6 Å². The number of hydrazine groups is 1. The molecule has 12 heteroatoms. The van der Waals surface area contributed by atoms with Crippen LogP contribution in [0.3, 0.4) is 0 Å².